The number of aromatic nitrogens is 3. The molecule has 0 saturated heterocycles. The van der Waals surface area contributed by atoms with Gasteiger partial charge in [-0.3, -0.25) is 4.98 Å². The molecule has 0 saturated carbocycles. The van der Waals surface area contributed by atoms with Crippen LogP contribution < -0.4 is 4.90 Å². The standard InChI is InChI=1S/C22H17IN4/c1-14-4-7-20-15(11-14)8-10-27(20)22-18-12-17(23)5-6-19(18)25-21(26-22)16-3-2-9-24-13-16/h2-7,9,11-13H,8,10H2,1H3. The molecule has 132 valence electrons. The first-order valence-corrected chi connectivity index (χ1v) is 10.0. The van der Waals surface area contributed by atoms with Gasteiger partial charge in [0.1, 0.15) is 5.82 Å². The van der Waals surface area contributed by atoms with E-state index in [1.165, 1.54) is 20.4 Å². The van der Waals surface area contributed by atoms with Crippen molar-refractivity contribution in [1.82, 2.24) is 15.0 Å². The third-order valence-electron chi connectivity index (χ3n) is 4.94. The molecule has 1 aliphatic rings. The van der Waals surface area contributed by atoms with Crippen molar-refractivity contribution in [3.8, 4) is 11.4 Å². The molecule has 0 spiro atoms. The SMILES string of the molecule is Cc1ccc2c(c1)CCN2c1nc(-c2cccnc2)nc2ccc(I)cc12. The molecule has 1 aliphatic heterocycles. The van der Waals surface area contributed by atoms with Crippen molar-refractivity contribution in [3.05, 3.63) is 75.6 Å². The van der Waals surface area contributed by atoms with Crippen LogP contribution >= 0.6 is 22.6 Å². The van der Waals surface area contributed by atoms with Gasteiger partial charge in [0, 0.05) is 39.1 Å². The molecule has 0 unspecified atom stereocenters. The lowest BCUT2D eigenvalue weighted by Gasteiger charge is -2.21. The zero-order chi connectivity index (χ0) is 18.4. The lowest BCUT2D eigenvalue weighted by molar-refractivity contribution is 0.976. The Bertz CT molecular complexity index is 1160. The van der Waals surface area contributed by atoms with E-state index < -0.39 is 0 Å². The molecule has 0 bridgehead atoms. The number of halogens is 1. The molecule has 0 fully saturated rings. The van der Waals surface area contributed by atoms with Crippen LogP contribution in [0.3, 0.4) is 0 Å². The summed E-state index contributed by atoms with van der Waals surface area (Å²) in [6, 6.07) is 16.9. The second-order valence-electron chi connectivity index (χ2n) is 6.81. The first kappa shape index (κ1) is 16.6. The van der Waals surface area contributed by atoms with E-state index in [4.69, 9.17) is 9.97 Å². The minimum Gasteiger partial charge on any atom is -0.325 e. The monoisotopic (exact) mass is 464 g/mol. The topological polar surface area (TPSA) is 41.9 Å². The Hall–Kier alpha value is -2.54. The normalized spacial score (nSPS) is 13.2. The third kappa shape index (κ3) is 2.96. The Labute approximate surface area is 171 Å². The maximum absolute atomic E-state index is 4.99. The molecule has 0 atom stereocenters. The highest BCUT2D eigenvalue weighted by Crippen LogP contribution is 2.38. The van der Waals surface area contributed by atoms with Crippen LogP contribution in [0.15, 0.2) is 60.9 Å². The van der Waals surface area contributed by atoms with E-state index in [1.54, 1.807) is 6.20 Å². The third-order valence-corrected chi connectivity index (χ3v) is 5.61. The fraction of sp³-hybridized carbons (Fsp3) is 0.136. The number of anilines is 2. The summed E-state index contributed by atoms with van der Waals surface area (Å²) < 4.78 is 1.18. The fourth-order valence-corrected chi connectivity index (χ4v) is 4.16. The largest absolute Gasteiger partial charge is 0.325 e. The zero-order valence-corrected chi connectivity index (χ0v) is 17.0. The van der Waals surface area contributed by atoms with Gasteiger partial charge in [0.15, 0.2) is 5.82 Å². The van der Waals surface area contributed by atoms with Crippen LogP contribution in [0.1, 0.15) is 11.1 Å². The second kappa shape index (κ2) is 6.56. The van der Waals surface area contributed by atoms with Crippen molar-refractivity contribution in [2.45, 2.75) is 13.3 Å². The highest BCUT2D eigenvalue weighted by Gasteiger charge is 2.24. The number of aryl methyl sites for hydroxylation is 1. The quantitative estimate of drug-likeness (QED) is 0.378. The summed E-state index contributed by atoms with van der Waals surface area (Å²) in [5.74, 6) is 1.69. The summed E-state index contributed by atoms with van der Waals surface area (Å²) in [6.45, 7) is 3.08. The Morgan fingerprint density at radius 3 is 2.81 bits per heavy atom. The van der Waals surface area contributed by atoms with Gasteiger partial charge in [-0.1, -0.05) is 17.7 Å². The lowest BCUT2D eigenvalue weighted by atomic mass is 10.1. The summed E-state index contributed by atoms with van der Waals surface area (Å²) in [7, 11) is 0. The Kier molecular flexibility index (Phi) is 4.04. The maximum Gasteiger partial charge on any atom is 0.163 e. The summed E-state index contributed by atoms with van der Waals surface area (Å²) in [4.78, 5) is 16.4. The molecule has 0 N–H and O–H groups in total. The van der Waals surface area contributed by atoms with Crippen LogP contribution in [0.5, 0.6) is 0 Å². The van der Waals surface area contributed by atoms with E-state index in [2.05, 4.69) is 75.8 Å². The van der Waals surface area contributed by atoms with Gasteiger partial charge in [-0.05, 0) is 77.9 Å². The van der Waals surface area contributed by atoms with Gasteiger partial charge >= 0.3 is 0 Å². The van der Waals surface area contributed by atoms with Gasteiger partial charge in [0.05, 0.1) is 5.52 Å². The summed E-state index contributed by atoms with van der Waals surface area (Å²) in [5.41, 5.74) is 5.82. The Morgan fingerprint density at radius 1 is 1.04 bits per heavy atom. The van der Waals surface area contributed by atoms with Crippen LogP contribution in [0.2, 0.25) is 0 Å². The molecule has 0 radical (unpaired) electrons. The van der Waals surface area contributed by atoms with Crippen LogP contribution in [0.25, 0.3) is 22.3 Å². The Morgan fingerprint density at radius 2 is 1.96 bits per heavy atom. The molecule has 0 aliphatic carbocycles. The van der Waals surface area contributed by atoms with E-state index >= 15 is 0 Å². The molecule has 4 nitrogen and oxygen atoms in total. The van der Waals surface area contributed by atoms with Gasteiger partial charge in [-0.2, -0.15) is 0 Å². The molecule has 2 aromatic heterocycles. The average molecular weight is 464 g/mol. The van der Waals surface area contributed by atoms with E-state index in [1.807, 2.05) is 18.3 Å². The van der Waals surface area contributed by atoms with Crippen LogP contribution in [0.4, 0.5) is 11.5 Å². The number of fused-ring (bicyclic) bond motifs is 2. The number of hydrogen-bond donors (Lipinski definition) is 0. The molecule has 5 heteroatoms. The highest BCUT2D eigenvalue weighted by molar-refractivity contribution is 14.1. The van der Waals surface area contributed by atoms with E-state index in [0.29, 0.717) is 5.82 Å². The number of hydrogen-bond acceptors (Lipinski definition) is 4. The van der Waals surface area contributed by atoms with Gasteiger partial charge in [-0.15, -0.1) is 0 Å². The van der Waals surface area contributed by atoms with Gasteiger partial charge in [-0.25, -0.2) is 9.97 Å². The molecule has 4 aromatic rings. The van der Waals surface area contributed by atoms with Crippen molar-refractivity contribution in [1.29, 1.82) is 0 Å². The van der Waals surface area contributed by atoms with Gasteiger partial charge < -0.3 is 4.90 Å². The van der Waals surface area contributed by atoms with Crippen LogP contribution in [-0.2, 0) is 6.42 Å². The first-order valence-electron chi connectivity index (χ1n) is 8.94. The predicted octanol–water partition coefficient (Wildman–Crippen LogP) is 5.30. The highest BCUT2D eigenvalue weighted by atomic mass is 127. The molecule has 0 amide bonds. The number of benzene rings is 2. The predicted molar refractivity (Wildman–Crippen MR) is 117 cm³/mol. The van der Waals surface area contributed by atoms with Crippen LogP contribution in [-0.4, -0.2) is 21.5 Å². The fourth-order valence-electron chi connectivity index (χ4n) is 3.66. The number of rotatable bonds is 2. The van der Waals surface area contributed by atoms with Gasteiger partial charge in [0.25, 0.3) is 0 Å². The molecular weight excluding hydrogens is 447 g/mol. The molecule has 5 rings (SSSR count). The minimum atomic E-state index is 0.715. The molecule has 3 heterocycles. The van der Waals surface area contributed by atoms with Gasteiger partial charge in [0.2, 0.25) is 0 Å². The first-order chi connectivity index (χ1) is 13.2. The van der Waals surface area contributed by atoms with E-state index in [9.17, 15) is 0 Å². The van der Waals surface area contributed by atoms with Crippen molar-refractivity contribution >= 4 is 45.0 Å². The second-order valence-corrected chi connectivity index (χ2v) is 8.05. The number of pyridine rings is 1. The zero-order valence-electron chi connectivity index (χ0n) is 14.9. The summed E-state index contributed by atoms with van der Waals surface area (Å²) >= 11 is 2.35. The summed E-state index contributed by atoms with van der Waals surface area (Å²) in [5, 5.41) is 1.09. The van der Waals surface area contributed by atoms with E-state index in [-0.39, 0.29) is 0 Å². The summed E-state index contributed by atoms with van der Waals surface area (Å²) in [6.07, 6.45) is 4.63. The molecule has 2 aromatic carbocycles. The van der Waals surface area contributed by atoms with Crippen molar-refractivity contribution < 1.29 is 0 Å². The van der Waals surface area contributed by atoms with Crippen molar-refractivity contribution in [2.24, 2.45) is 0 Å². The molecule has 27 heavy (non-hydrogen) atoms. The smallest absolute Gasteiger partial charge is 0.163 e. The van der Waals surface area contributed by atoms with E-state index in [0.717, 1.165) is 35.2 Å². The van der Waals surface area contributed by atoms with Crippen molar-refractivity contribution in [3.63, 3.8) is 0 Å². The number of nitrogens with zero attached hydrogens (tertiary/aromatic N) is 4. The minimum absolute atomic E-state index is 0.715. The average Bonchev–Trinajstić information content (AvgIpc) is 3.10. The maximum atomic E-state index is 4.99. The molecular formula is C22H17IN4. The Balaban J connectivity index is 1.75. The van der Waals surface area contributed by atoms with Crippen LogP contribution in [0, 0.1) is 10.5 Å². The lowest BCUT2D eigenvalue weighted by Crippen LogP contribution is -2.16. The van der Waals surface area contributed by atoms with Crippen molar-refractivity contribution in [2.75, 3.05) is 11.4 Å².